The molecule has 3 N–H and O–H groups in total. The van der Waals surface area contributed by atoms with Gasteiger partial charge in [0.05, 0.1) is 0 Å². The van der Waals surface area contributed by atoms with Crippen molar-refractivity contribution in [3.63, 3.8) is 0 Å². The summed E-state index contributed by atoms with van der Waals surface area (Å²) < 4.78 is 4.92. The summed E-state index contributed by atoms with van der Waals surface area (Å²) >= 11 is 0. The van der Waals surface area contributed by atoms with Crippen LogP contribution in [-0.4, -0.2) is 21.6 Å². The molecule has 0 aliphatic carbocycles. The fourth-order valence-corrected chi connectivity index (χ4v) is 0.836. The summed E-state index contributed by atoms with van der Waals surface area (Å²) in [6.45, 7) is 1.74. The van der Waals surface area contributed by atoms with Crippen molar-refractivity contribution < 1.29 is 20.1 Å². The van der Waals surface area contributed by atoms with Crippen molar-refractivity contribution in [2.75, 3.05) is 0 Å². The predicted molar refractivity (Wildman–Crippen MR) is 46.7 cm³/mol. The van der Waals surface area contributed by atoms with Gasteiger partial charge in [-0.05, 0) is 12.1 Å². The Hall–Kier alpha value is -1.42. The SMILES string of the molecule is CCC(O)Oc1cccc(O)c1O. The lowest BCUT2D eigenvalue weighted by Crippen LogP contribution is -2.13. The largest absolute Gasteiger partial charge is 0.504 e. The highest BCUT2D eigenvalue weighted by atomic mass is 16.6. The first-order valence-corrected chi connectivity index (χ1v) is 4.00. The van der Waals surface area contributed by atoms with Gasteiger partial charge in [-0.1, -0.05) is 13.0 Å². The lowest BCUT2D eigenvalue weighted by molar-refractivity contribution is -0.0208. The first-order chi connectivity index (χ1) is 6.15. The molecule has 1 aromatic carbocycles. The van der Waals surface area contributed by atoms with Crippen molar-refractivity contribution in [3.05, 3.63) is 18.2 Å². The Morgan fingerprint density at radius 2 is 2.08 bits per heavy atom. The number of rotatable bonds is 3. The third-order valence-electron chi connectivity index (χ3n) is 1.59. The molecule has 0 saturated heterocycles. The Bertz CT molecular complexity index is 285. The second kappa shape index (κ2) is 4.00. The van der Waals surface area contributed by atoms with Crippen molar-refractivity contribution >= 4 is 0 Å². The molecule has 4 nitrogen and oxygen atoms in total. The van der Waals surface area contributed by atoms with E-state index in [2.05, 4.69) is 0 Å². The van der Waals surface area contributed by atoms with Gasteiger partial charge in [-0.15, -0.1) is 0 Å². The molecule has 0 aromatic heterocycles. The van der Waals surface area contributed by atoms with Gasteiger partial charge in [0, 0.05) is 6.42 Å². The molecule has 0 heterocycles. The van der Waals surface area contributed by atoms with Crippen molar-refractivity contribution in [3.8, 4) is 17.2 Å². The van der Waals surface area contributed by atoms with Crippen LogP contribution >= 0.6 is 0 Å². The van der Waals surface area contributed by atoms with E-state index in [1.807, 2.05) is 0 Å². The van der Waals surface area contributed by atoms with Crippen LogP contribution in [-0.2, 0) is 0 Å². The number of aliphatic hydroxyl groups excluding tert-OH is 1. The number of para-hydroxylation sites is 1. The van der Waals surface area contributed by atoms with Crippen LogP contribution < -0.4 is 4.74 Å². The zero-order valence-corrected chi connectivity index (χ0v) is 7.27. The normalized spacial score (nSPS) is 12.5. The minimum absolute atomic E-state index is 0.0781. The van der Waals surface area contributed by atoms with Gasteiger partial charge in [-0.3, -0.25) is 0 Å². The van der Waals surface area contributed by atoms with E-state index in [4.69, 9.17) is 14.9 Å². The summed E-state index contributed by atoms with van der Waals surface area (Å²) in [7, 11) is 0. The van der Waals surface area contributed by atoms with Crippen molar-refractivity contribution in [1.82, 2.24) is 0 Å². The average Bonchev–Trinajstić information content (AvgIpc) is 2.13. The fraction of sp³-hybridized carbons (Fsp3) is 0.333. The van der Waals surface area contributed by atoms with E-state index in [0.717, 1.165) is 0 Å². The Kier molecular flexibility index (Phi) is 2.97. The summed E-state index contributed by atoms with van der Waals surface area (Å²) in [6.07, 6.45) is -0.553. The minimum atomic E-state index is -0.965. The first kappa shape index (κ1) is 9.67. The van der Waals surface area contributed by atoms with Crippen LogP contribution in [0.3, 0.4) is 0 Å². The molecule has 0 radical (unpaired) electrons. The minimum Gasteiger partial charge on any atom is -0.504 e. The number of hydrogen-bond acceptors (Lipinski definition) is 4. The van der Waals surface area contributed by atoms with Gasteiger partial charge in [0.1, 0.15) is 0 Å². The predicted octanol–water partition coefficient (Wildman–Crippen LogP) is 1.20. The zero-order valence-electron chi connectivity index (χ0n) is 7.27. The smallest absolute Gasteiger partial charge is 0.200 e. The molecular weight excluding hydrogens is 172 g/mol. The second-order valence-corrected chi connectivity index (χ2v) is 2.60. The average molecular weight is 184 g/mol. The highest BCUT2D eigenvalue weighted by Crippen LogP contribution is 2.34. The Labute approximate surface area is 76.0 Å². The van der Waals surface area contributed by atoms with Gasteiger partial charge < -0.3 is 20.1 Å². The molecule has 0 aliphatic rings. The van der Waals surface area contributed by atoms with E-state index in [1.54, 1.807) is 6.92 Å². The number of hydrogen-bond donors (Lipinski definition) is 3. The first-order valence-electron chi connectivity index (χ1n) is 4.00. The third-order valence-corrected chi connectivity index (χ3v) is 1.59. The van der Waals surface area contributed by atoms with Crippen LogP contribution in [0.2, 0.25) is 0 Å². The maximum atomic E-state index is 9.26. The maximum absolute atomic E-state index is 9.26. The molecule has 0 bridgehead atoms. The summed E-state index contributed by atoms with van der Waals surface area (Å²) in [5.41, 5.74) is 0. The second-order valence-electron chi connectivity index (χ2n) is 2.60. The van der Waals surface area contributed by atoms with Gasteiger partial charge in [0.15, 0.2) is 17.8 Å². The van der Waals surface area contributed by atoms with Gasteiger partial charge in [-0.25, -0.2) is 0 Å². The number of aliphatic hydroxyl groups is 1. The molecule has 13 heavy (non-hydrogen) atoms. The standard InChI is InChI=1S/C9H12O4/c1-2-8(11)13-7-5-3-4-6(10)9(7)12/h3-5,8,10-12H,2H2,1H3. The number of aromatic hydroxyl groups is 2. The van der Waals surface area contributed by atoms with Gasteiger partial charge in [0.2, 0.25) is 5.75 Å². The number of phenolic OH excluding ortho intramolecular Hbond substituents is 2. The summed E-state index contributed by atoms with van der Waals surface area (Å²) in [4.78, 5) is 0. The summed E-state index contributed by atoms with van der Waals surface area (Å²) in [6, 6.07) is 4.32. The number of ether oxygens (including phenoxy) is 1. The Balaban J connectivity index is 2.83. The number of benzene rings is 1. The molecule has 1 atom stereocenters. The highest BCUT2D eigenvalue weighted by Gasteiger charge is 2.09. The summed E-state index contributed by atoms with van der Waals surface area (Å²) in [5.74, 6) is -0.537. The lowest BCUT2D eigenvalue weighted by Gasteiger charge is -2.12. The quantitative estimate of drug-likeness (QED) is 0.487. The molecule has 0 amide bonds. The van der Waals surface area contributed by atoms with Crippen LogP contribution in [0, 0.1) is 0 Å². The molecule has 1 unspecified atom stereocenters. The third kappa shape index (κ3) is 2.26. The van der Waals surface area contributed by atoms with E-state index >= 15 is 0 Å². The summed E-state index contributed by atoms with van der Waals surface area (Å²) in [5, 5.41) is 27.4. The molecule has 0 aliphatic heterocycles. The molecule has 72 valence electrons. The Morgan fingerprint density at radius 3 is 2.69 bits per heavy atom. The molecule has 1 rings (SSSR count). The van der Waals surface area contributed by atoms with E-state index in [1.165, 1.54) is 18.2 Å². The molecular formula is C9H12O4. The Morgan fingerprint density at radius 1 is 1.38 bits per heavy atom. The molecule has 0 saturated carbocycles. The van der Waals surface area contributed by atoms with Crippen LogP contribution in [0.15, 0.2) is 18.2 Å². The highest BCUT2D eigenvalue weighted by molar-refractivity contribution is 5.48. The van der Waals surface area contributed by atoms with Crippen LogP contribution in [0.25, 0.3) is 0 Å². The van der Waals surface area contributed by atoms with E-state index in [9.17, 15) is 5.11 Å². The fourth-order valence-electron chi connectivity index (χ4n) is 0.836. The monoisotopic (exact) mass is 184 g/mol. The lowest BCUT2D eigenvalue weighted by atomic mass is 10.3. The zero-order chi connectivity index (χ0) is 9.84. The van der Waals surface area contributed by atoms with Crippen molar-refractivity contribution in [2.45, 2.75) is 19.6 Å². The number of phenols is 2. The molecule has 0 fully saturated rings. The molecule has 0 spiro atoms. The molecule has 4 heteroatoms. The molecule has 1 aromatic rings. The topological polar surface area (TPSA) is 69.9 Å². The van der Waals surface area contributed by atoms with Crippen LogP contribution in [0.1, 0.15) is 13.3 Å². The van der Waals surface area contributed by atoms with Gasteiger partial charge in [-0.2, -0.15) is 0 Å². The van der Waals surface area contributed by atoms with Crippen LogP contribution in [0.5, 0.6) is 17.2 Å². The van der Waals surface area contributed by atoms with Gasteiger partial charge in [0.25, 0.3) is 0 Å². The van der Waals surface area contributed by atoms with E-state index in [0.29, 0.717) is 6.42 Å². The maximum Gasteiger partial charge on any atom is 0.200 e. The van der Waals surface area contributed by atoms with E-state index < -0.39 is 6.29 Å². The van der Waals surface area contributed by atoms with Gasteiger partial charge >= 0.3 is 0 Å². The van der Waals surface area contributed by atoms with E-state index in [-0.39, 0.29) is 17.2 Å². The van der Waals surface area contributed by atoms with Crippen LogP contribution in [0.4, 0.5) is 0 Å². The van der Waals surface area contributed by atoms with Crippen molar-refractivity contribution in [2.24, 2.45) is 0 Å². The van der Waals surface area contributed by atoms with Crippen molar-refractivity contribution in [1.29, 1.82) is 0 Å².